The fourth-order valence-corrected chi connectivity index (χ4v) is 5.03. The number of carbonyl (C=O) groups is 2. The number of hydrogen-bond donors (Lipinski definition) is 4. The van der Waals surface area contributed by atoms with Gasteiger partial charge >= 0.3 is 5.97 Å². The molecule has 1 aliphatic rings. The lowest BCUT2D eigenvalue weighted by atomic mass is 9.99. The highest BCUT2D eigenvalue weighted by atomic mass is 35.5. The topological polar surface area (TPSA) is 126 Å². The second kappa shape index (κ2) is 10.5. The maximum Gasteiger partial charge on any atom is 0.337 e. The molecule has 1 heterocycles. The zero-order valence-electron chi connectivity index (χ0n) is 18.5. The lowest BCUT2D eigenvalue weighted by Gasteiger charge is -2.14. The van der Waals surface area contributed by atoms with E-state index in [4.69, 9.17) is 16.3 Å². The molecule has 3 rings (SSSR count). The van der Waals surface area contributed by atoms with Crippen LogP contribution in [-0.4, -0.2) is 39.5 Å². The average molecular weight is 495 g/mol. The third-order valence-corrected chi connectivity index (χ3v) is 7.19. The molecule has 2 aromatic carbocycles. The van der Waals surface area contributed by atoms with Crippen molar-refractivity contribution in [3.05, 3.63) is 58.6 Å². The summed E-state index contributed by atoms with van der Waals surface area (Å²) in [5.74, 6) is -0.462. The average Bonchev–Trinajstić information content (AvgIpc) is 3.27. The first kappa shape index (κ1) is 25.0. The Hall–Kier alpha value is -2.66. The van der Waals surface area contributed by atoms with Crippen LogP contribution in [0.25, 0.3) is 0 Å². The van der Waals surface area contributed by atoms with Crippen LogP contribution in [0.5, 0.6) is 0 Å². The smallest absolute Gasteiger partial charge is 0.337 e. The van der Waals surface area contributed by atoms with Crippen molar-refractivity contribution in [3.8, 4) is 0 Å². The first-order valence-electron chi connectivity index (χ1n) is 10.4. The summed E-state index contributed by atoms with van der Waals surface area (Å²) in [6.45, 7) is 4.24. The molecule has 1 aliphatic heterocycles. The zero-order chi connectivity index (χ0) is 24.2. The van der Waals surface area contributed by atoms with E-state index in [2.05, 4.69) is 34.7 Å². The highest BCUT2D eigenvalue weighted by Crippen LogP contribution is 2.25. The summed E-state index contributed by atoms with van der Waals surface area (Å²) in [5, 5.41) is 2.89. The van der Waals surface area contributed by atoms with Crippen molar-refractivity contribution < 1.29 is 22.7 Å². The number of halogens is 1. The second-order valence-corrected chi connectivity index (χ2v) is 10.1. The predicted molar refractivity (Wildman–Crippen MR) is 125 cm³/mol. The molecule has 0 aromatic heterocycles. The molecule has 1 saturated heterocycles. The molecule has 4 N–H and O–H groups in total. The van der Waals surface area contributed by atoms with E-state index in [1.165, 1.54) is 31.4 Å². The highest BCUT2D eigenvalue weighted by Gasteiger charge is 2.30. The summed E-state index contributed by atoms with van der Waals surface area (Å²) in [7, 11) is -2.78. The number of esters is 1. The molecule has 0 spiro atoms. The van der Waals surface area contributed by atoms with E-state index in [0.717, 1.165) is 0 Å². The number of anilines is 1. The third kappa shape index (κ3) is 6.23. The number of nitrogens with one attached hydrogen (secondary N) is 4. The van der Waals surface area contributed by atoms with Crippen LogP contribution in [0.4, 0.5) is 5.69 Å². The van der Waals surface area contributed by atoms with Crippen LogP contribution in [0.15, 0.2) is 47.4 Å². The van der Waals surface area contributed by atoms with Gasteiger partial charge in [-0.15, -0.1) is 0 Å². The van der Waals surface area contributed by atoms with Gasteiger partial charge in [-0.05, 0) is 48.2 Å². The zero-order valence-corrected chi connectivity index (χ0v) is 20.1. The molecule has 0 radical (unpaired) electrons. The molecule has 33 heavy (non-hydrogen) atoms. The predicted octanol–water partition coefficient (Wildman–Crippen LogP) is 2.43. The normalized spacial score (nSPS) is 18.2. The Morgan fingerprint density at radius 1 is 1.18 bits per heavy atom. The molecule has 2 atom stereocenters. The summed E-state index contributed by atoms with van der Waals surface area (Å²) >= 11 is 6.04. The maximum absolute atomic E-state index is 12.8. The fraction of sp³-hybridized carbons (Fsp3) is 0.364. The Morgan fingerprint density at radius 2 is 1.91 bits per heavy atom. The van der Waals surface area contributed by atoms with Crippen LogP contribution in [-0.2, 0) is 26.1 Å². The maximum atomic E-state index is 12.8. The van der Waals surface area contributed by atoms with Crippen molar-refractivity contribution in [1.82, 2.24) is 16.2 Å². The number of hydrogen-bond acceptors (Lipinski definition) is 7. The third-order valence-electron chi connectivity index (χ3n) is 5.31. The molecule has 11 heteroatoms. The van der Waals surface area contributed by atoms with Crippen LogP contribution in [0.2, 0.25) is 5.02 Å². The summed E-state index contributed by atoms with van der Waals surface area (Å²) in [4.78, 5) is 24.6. The van der Waals surface area contributed by atoms with Crippen molar-refractivity contribution in [1.29, 1.82) is 0 Å². The minimum Gasteiger partial charge on any atom is -0.465 e. The highest BCUT2D eigenvalue weighted by molar-refractivity contribution is 7.92. The summed E-state index contributed by atoms with van der Waals surface area (Å²) in [6.07, 6.45) is 0.647. The monoisotopic (exact) mass is 494 g/mol. The van der Waals surface area contributed by atoms with Gasteiger partial charge in [0.05, 0.1) is 23.4 Å². The minimum atomic E-state index is -4.01. The molecule has 2 unspecified atom stereocenters. The van der Waals surface area contributed by atoms with E-state index in [-0.39, 0.29) is 45.7 Å². The van der Waals surface area contributed by atoms with Crippen LogP contribution in [0.3, 0.4) is 0 Å². The number of rotatable bonds is 8. The van der Waals surface area contributed by atoms with Gasteiger partial charge in [-0.25, -0.2) is 18.6 Å². The molecule has 2 aromatic rings. The lowest BCUT2D eigenvalue weighted by Crippen LogP contribution is -2.43. The Bertz CT molecular complexity index is 1140. The van der Waals surface area contributed by atoms with Crippen molar-refractivity contribution in [2.45, 2.75) is 43.8 Å². The van der Waals surface area contributed by atoms with E-state index in [1.807, 2.05) is 0 Å². The van der Waals surface area contributed by atoms with E-state index >= 15 is 0 Å². The van der Waals surface area contributed by atoms with E-state index in [1.54, 1.807) is 18.2 Å². The first-order valence-corrected chi connectivity index (χ1v) is 12.2. The van der Waals surface area contributed by atoms with E-state index in [0.29, 0.717) is 17.9 Å². The van der Waals surface area contributed by atoms with Gasteiger partial charge in [-0.2, -0.15) is 0 Å². The van der Waals surface area contributed by atoms with E-state index < -0.39 is 16.0 Å². The van der Waals surface area contributed by atoms with Gasteiger partial charge in [0.25, 0.3) is 10.0 Å². The molecule has 1 amide bonds. The minimum absolute atomic E-state index is 0.0685. The fourth-order valence-electron chi connectivity index (χ4n) is 3.46. The quantitative estimate of drug-likeness (QED) is 0.415. The van der Waals surface area contributed by atoms with Gasteiger partial charge in [0.2, 0.25) is 5.91 Å². The standard InChI is InChI=1S/C22H27ClN4O5S/c1-13(2)18-11-19(26-25-18)21(28)24-12-14-8-15(22(29)32-3)10-16(9-14)27-33(30,31)20-7-5-4-6-17(20)23/h4-10,13,18-19,25-27H,11-12H2,1-3H3,(H,24,28). The van der Waals surface area contributed by atoms with Crippen LogP contribution < -0.4 is 20.9 Å². The Labute approximate surface area is 198 Å². The molecular formula is C22H27ClN4O5S. The second-order valence-electron chi connectivity index (χ2n) is 8.09. The lowest BCUT2D eigenvalue weighted by molar-refractivity contribution is -0.123. The van der Waals surface area contributed by atoms with Gasteiger partial charge in [0.1, 0.15) is 10.9 Å². The molecule has 1 fully saturated rings. The number of ether oxygens (including phenoxy) is 1. The number of benzene rings is 2. The molecular weight excluding hydrogens is 468 g/mol. The Balaban J connectivity index is 1.78. The van der Waals surface area contributed by atoms with Crippen molar-refractivity contribution in [3.63, 3.8) is 0 Å². The SMILES string of the molecule is COC(=O)c1cc(CNC(=O)C2CC(C(C)C)NN2)cc(NS(=O)(=O)c2ccccc2Cl)c1. The molecule has 178 valence electrons. The van der Waals surface area contributed by atoms with Crippen molar-refractivity contribution in [2.75, 3.05) is 11.8 Å². The number of methoxy groups -OCH3 is 1. The van der Waals surface area contributed by atoms with Crippen molar-refractivity contribution in [2.24, 2.45) is 5.92 Å². The largest absolute Gasteiger partial charge is 0.465 e. The Morgan fingerprint density at radius 3 is 2.55 bits per heavy atom. The number of hydrazine groups is 1. The molecule has 0 saturated carbocycles. The summed E-state index contributed by atoms with van der Waals surface area (Å²) in [6, 6.07) is 10.3. The first-order chi connectivity index (χ1) is 15.6. The van der Waals surface area contributed by atoms with Crippen LogP contribution in [0.1, 0.15) is 36.2 Å². The summed E-state index contributed by atoms with van der Waals surface area (Å²) in [5.41, 5.74) is 6.91. The van der Waals surface area contributed by atoms with Crippen LogP contribution >= 0.6 is 11.6 Å². The van der Waals surface area contributed by atoms with Crippen LogP contribution in [0, 0.1) is 5.92 Å². The Kier molecular flexibility index (Phi) is 7.96. The van der Waals surface area contributed by atoms with Gasteiger partial charge in [-0.3, -0.25) is 14.9 Å². The number of carbonyl (C=O) groups excluding carboxylic acids is 2. The molecule has 0 bridgehead atoms. The van der Waals surface area contributed by atoms with Gasteiger partial charge in [-0.1, -0.05) is 37.6 Å². The molecule has 0 aliphatic carbocycles. The molecule has 9 nitrogen and oxygen atoms in total. The van der Waals surface area contributed by atoms with Gasteiger partial charge in [0.15, 0.2) is 0 Å². The number of sulfonamides is 1. The van der Waals surface area contributed by atoms with Crippen molar-refractivity contribution >= 4 is 39.2 Å². The van der Waals surface area contributed by atoms with E-state index in [9.17, 15) is 18.0 Å². The summed E-state index contributed by atoms with van der Waals surface area (Å²) < 4.78 is 32.8. The number of amides is 1. The van der Waals surface area contributed by atoms with Gasteiger partial charge in [0, 0.05) is 12.6 Å². The van der Waals surface area contributed by atoms with Gasteiger partial charge < -0.3 is 10.1 Å².